The number of amides is 2. The highest BCUT2D eigenvalue weighted by Crippen LogP contribution is 2.44. The molecule has 1 fully saturated rings. The molecule has 8 nitrogen and oxygen atoms in total. The van der Waals surface area contributed by atoms with Crippen LogP contribution in [0.5, 0.6) is 0 Å². The van der Waals surface area contributed by atoms with Crippen LogP contribution in [0.25, 0.3) is 11.1 Å². The third kappa shape index (κ3) is 5.22. The number of benzene rings is 2. The van der Waals surface area contributed by atoms with Gasteiger partial charge in [-0.1, -0.05) is 61.9 Å². The standard InChI is InChI=1S/C26H30N2O6/c1-2-7-22(25(30)31)28-24(29)23-13-12-16(34-23)14-27-26(32)33-15-21-19-10-5-3-8-17(19)18-9-4-6-11-20(18)21/h3-6,8-11,16,21-23H,2,7,12-15H2,1H3,(H,27,32)(H,28,29)(H,30,31)/t16?,22-,23?/m1/s1. The van der Waals surface area contributed by atoms with Crippen molar-refractivity contribution < 1.29 is 29.0 Å². The van der Waals surface area contributed by atoms with Crippen LogP contribution in [0.1, 0.15) is 49.7 Å². The van der Waals surface area contributed by atoms with Crippen LogP contribution >= 0.6 is 0 Å². The molecule has 3 atom stereocenters. The first kappa shape index (κ1) is 23.8. The zero-order valence-corrected chi connectivity index (χ0v) is 19.2. The molecule has 0 bridgehead atoms. The van der Waals surface area contributed by atoms with Crippen molar-refractivity contribution in [1.82, 2.24) is 10.6 Å². The highest BCUT2D eigenvalue weighted by atomic mass is 16.5. The molecule has 0 radical (unpaired) electrons. The van der Waals surface area contributed by atoms with Gasteiger partial charge in [0.1, 0.15) is 18.8 Å². The minimum atomic E-state index is -1.05. The van der Waals surface area contributed by atoms with Crippen molar-refractivity contribution in [2.24, 2.45) is 0 Å². The van der Waals surface area contributed by atoms with Crippen LogP contribution < -0.4 is 10.6 Å². The molecule has 3 N–H and O–H groups in total. The summed E-state index contributed by atoms with van der Waals surface area (Å²) in [5.74, 6) is -1.49. The molecule has 1 saturated heterocycles. The summed E-state index contributed by atoms with van der Waals surface area (Å²) in [5, 5.41) is 14.5. The maximum atomic E-state index is 12.4. The number of ether oxygens (including phenoxy) is 2. The summed E-state index contributed by atoms with van der Waals surface area (Å²) in [6, 6.07) is 15.4. The Labute approximate surface area is 198 Å². The van der Waals surface area contributed by atoms with Gasteiger partial charge in [-0.05, 0) is 41.5 Å². The van der Waals surface area contributed by atoms with Crippen molar-refractivity contribution in [3.63, 3.8) is 0 Å². The summed E-state index contributed by atoms with van der Waals surface area (Å²) in [6.07, 6.45) is 0.496. The summed E-state index contributed by atoms with van der Waals surface area (Å²) in [5.41, 5.74) is 4.62. The number of carboxylic acids is 1. The van der Waals surface area contributed by atoms with Gasteiger partial charge >= 0.3 is 12.1 Å². The number of carbonyl (C=O) groups excluding carboxylic acids is 2. The van der Waals surface area contributed by atoms with E-state index in [0.717, 1.165) is 11.1 Å². The first-order chi connectivity index (χ1) is 16.5. The van der Waals surface area contributed by atoms with Crippen LogP contribution in [0.2, 0.25) is 0 Å². The van der Waals surface area contributed by atoms with E-state index in [-0.39, 0.29) is 25.2 Å². The van der Waals surface area contributed by atoms with E-state index in [1.54, 1.807) is 0 Å². The molecule has 34 heavy (non-hydrogen) atoms. The van der Waals surface area contributed by atoms with E-state index in [0.29, 0.717) is 25.7 Å². The maximum Gasteiger partial charge on any atom is 0.407 e. The fourth-order valence-electron chi connectivity index (χ4n) is 4.71. The van der Waals surface area contributed by atoms with Crippen molar-refractivity contribution in [3.05, 3.63) is 59.7 Å². The first-order valence-corrected chi connectivity index (χ1v) is 11.8. The van der Waals surface area contributed by atoms with Crippen molar-refractivity contribution in [2.45, 2.75) is 56.8 Å². The number of hydrogen-bond acceptors (Lipinski definition) is 5. The molecule has 2 aromatic rings. The Morgan fingerprint density at radius 2 is 1.71 bits per heavy atom. The van der Waals surface area contributed by atoms with E-state index in [4.69, 9.17) is 9.47 Å². The number of carboxylic acid groups (broad SMARTS) is 1. The second-order valence-electron chi connectivity index (χ2n) is 8.72. The summed E-state index contributed by atoms with van der Waals surface area (Å²) in [7, 11) is 0. The van der Waals surface area contributed by atoms with E-state index in [2.05, 4.69) is 34.9 Å². The summed E-state index contributed by atoms with van der Waals surface area (Å²) in [6.45, 7) is 2.31. The zero-order chi connectivity index (χ0) is 24.1. The molecular weight excluding hydrogens is 436 g/mol. The average molecular weight is 467 g/mol. The van der Waals surface area contributed by atoms with Gasteiger partial charge in [-0.2, -0.15) is 0 Å². The molecule has 1 heterocycles. The molecular formula is C26H30N2O6. The number of hydrogen-bond donors (Lipinski definition) is 3. The molecule has 2 aliphatic rings. The lowest BCUT2D eigenvalue weighted by molar-refractivity contribution is -0.144. The molecule has 8 heteroatoms. The molecule has 0 aromatic heterocycles. The average Bonchev–Trinajstić information content (AvgIpc) is 3.44. The van der Waals surface area contributed by atoms with Crippen molar-refractivity contribution in [3.8, 4) is 11.1 Å². The normalized spacial score (nSPS) is 19.7. The lowest BCUT2D eigenvalue weighted by Gasteiger charge is -2.18. The Kier molecular flexibility index (Phi) is 7.47. The van der Waals surface area contributed by atoms with Gasteiger partial charge in [0.15, 0.2) is 0 Å². The molecule has 2 aromatic carbocycles. The third-order valence-electron chi connectivity index (χ3n) is 6.41. The van der Waals surface area contributed by atoms with Crippen LogP contribution in [-0.4, -0.2) is 54.5 Å². The molecule has 1 aliphatic carbocycles. The summed E-state index contributed by atoms with van der Waals surface area (Å²) >= 11 is 0. The van der Waals surface area contributed by atoms with Crippen LogP contribution in [0.3, 0.4) is 0 Å². The van der Waals surface area contributed by atoms with E-state index >= 15 is 0 Å². The highest BCUT2D eigenvalue weighted by molar-refractivity contribution is 5.86. The van der Waals surface area contributed by atoms with Crippen LogP contribution in [-0.2, 0) is 19.1 Å². The lowest BCUT2D eigenvalue weighted by Crippen LogP contribution is -2.45. The van der Waals surface area contributed by atoms with Gasteiger partial charge in [0.05, 0.1) is 6.10 Å². The van der Waals surface area contributed by atoms with Crippen LogP contribution in [0, 0.1) is 0 Å². The SMILES string of the molecule is CCC[C@@H](NC(=O)C1CCC(CNC(=O)OCC2c3ccccc3-c3ccccc32)O1)C(=O)O. The molecule has 0 spiro atoms. The Hall–Kier alpha value is -3.39. The van der Waals surface area contributed by atoms with Gasteiger partial charge in [-0.15, -0.1) is 0 Å². The minimum Gasteiger partial charge on any atom is -0.480 e. The number of alkyl carbamates (subject to hydrolysis) is 1. The number of nitrogens with one attached hydrogen (secondary N) is 2. The molecule has 0 saturated carbocycles. The number of carbonyl (C=O) groups is 3. The van der Waals surface area contributed by atoms with E-state index in [1.165, 1.54) is 11.1 Å². The van der Waals surface area contributed by atoms with Crippen molar-refractivity contribution in [2.75, 3.05) is 13.2 Å². The first-order valence-electron chi connectivity index (χ1n) is 11.8. The maximum absolute atomic E-state index is 12.4. The monoisotopic (exact) mass is 466 g/mol. The molecule has 1 aliphatic heterocycles. The predicted octanol–water partition coefficient (Wildman–Crippen LogP) is 3.44. The molecule has 4 rings (SSSR count). The predicted molar refractivity (Wildman–Crippen MR) is 125 cm³/mol. The van der Waals surface area contributed by atoms with Gasteiger partial charge in [0.2, 0.25) is 5.91 Å². The number of rotatable bonds is 9. The zero-order valence-electron chi connectivity index (χ0n) is 19.2. The summed E-state index contributed by atoms with van der Waals surface area (Å²) in [4.78, 5) is 36.0. The van der Waals surface area contributed by atoms with Gasteiger partial charge in [0.25, 0.3) is 0 Å². The second kappa shape index (κ2) is 10.7. The van der Waals surface area contributed by atoms with Crippen LogP contribution in [0.15, 0.2) is 48.5 Å². The third-order valence-corrected chi connectivity index (χ3v) is 6.41. The van der Waals surface area contributed by atoms with Crippen molar-refractivity contribution >= 4 is 18.0 Å². The van der Waals surface area contributed by atoms with E-state index in [1.807, 2.05) is 31.2 Å². The smallest absolute Gasteiger partial charge is 0.407 e. The van der Waals surface area contributed by atoms with E-state index < -0.39 is 30.1 Å². The number of fused-ring (bicyclic) bond motifs is 3. The van der Waals surface area contributed by atoms with E-state index in [9.17, 15) is 19.5 Å². The summed E-state index contributed by atoms with van der Waals surface area (Å²) < 4.78 is 11.3. The van der Waals surface area contributed by atoms with Gasteiger partial charge in [-0.25, -0.2) is 9.59 Å². The second-order valence-corrected chi connectivity index (χ2v) is 8.72. The van der Waals surface area contributed by atoms with Gasteiger partial charge < -0.3 is 25.2 Å². The fourth-order valence-corrected chi connectivity index (χ4v) is 4.71. The quantitative estimate of drug-likeness (QED) is 0.522. The lowest BCUT2D eigenvalue weighted by atomic mass is 9.98. The molecule has 2 unspecified atom stereocenters. The van der Waals surface area contributed by atoms with Gasteiger partial charge in [0, 0.05) is 12.5 Å². The topological polar surface area (TPSA) is 114 Å². The Bertz CT molecular complexity index is 1010. The molecule has 2 amide bonds. The Balaban J connectivity index is 1.24. The largest absolute Gasteiger partial charge is 0.480 e. The Morgan fingerprint density at radius 3 is 2.32 bits per heavy atom. The number of aliphatic carboxylic acids is 1. The van der Waals surface area contributed by atoms with Crippen molar-refractivity contribution in [1.29, 1.82) is 0 Å². The Morgan fingerprint density at radius 1 is 1.06 bits per heavy atom. The van der Waals surface area contributed by atoms with Gasteiger partial charge in [-0.3, -0.25) is 4.79 Å². The highest BCUT2D eigenvalue weighted by Gasteiger charge is 2.33. The molecule has 180 valence electrons. The fraction of sp³-hybridized carbons (Fsp3) is 0.423. The van der Waals surface area contributed by atoms with Crippen LogP contribution in [0.4, 0.5) is 4.79 Å². The minimum absolute atomic E-state index is 0.0146.